The second-order valence-electron chi connectivity index (χ2n) is 3.61. The molecule has 6 nitrogen and oxygen atoms in total. The molecule has 0 heterocycles. The summed E-state index contributed by atoms with van der Waals surface area (Å²) >= 11 is 0. The summed E-state index contributed by atoms with van der Waals surface area (Å²) in [5.41, 5.74) is 4.97. The molecule has 0 bridgehead atoms. The highest BCUT2D eigenvalue weighted by Crippen LogP contribution is 2.39. The van der Waals surface area contributed by atoms with Gasteiger partial charge in [-0.05, 0) is 13.3 Å². The molecule has 0 spiro atoms. The Hall–Kier alpha value is -1.59. The van der Waals surface area contributed by atoms with Crippen molar-refractivity contribution in [1.82, 2.24) is 4.90 Å². The van der Waals surface area contributed by atoms with E-state index in [1.165, 1.54) is 4.90 Å². The number of rotatable bonds is 5. The number of carbonyl (C=O) groups excluding carboxylic acids is 2. The summed E-state index contributed by atoms with van der Waals surface area (Å²) in [5, 5.41) is 8.65. The third-order valence-corrected chi connectivity index (χ3v) is 2.46. The SMILES string of the molecule is CCN(CC(N)=O)C(=O)[C@@H]1C[C@@H]1C(=O)O. The number of aliphatic carboxylic acids is 1. The Labute approximate surface area is 87.0 Å². The highest BCUT2D eigenvalue weighted by Gasteiger charge is 2.49. The van der Waals surface area contributed by atoms with Gasteiger partial charge in [-0.15, -0.1) is 0 Å². The lowest BCUT2D eigenvalue weighted by atomic mass is 10.2. The van der Waals surface area contributed by atoms with Crippen molar-refractivity contribution in [3.63, 3.8) is 0 Å². The molecule has 0 aromatic carbocycles. The van der Waals surface area contributed by atoms with Crippen LogP contribution in [0.4, 0.5) is 0 Å². The number of carbonyl (C=O) groups is 3. The molecule has 2 atom stereocenters. The van der Waals surface area contributed by atoms with Gasteiger partial charge < -0.3 is 15.7 Å². The molecule has 0 aromatic heterocycles. The first kappa shape index (κ1) is 11.5. The van der Waals surface area contributed by atoms with Gasteiger partial charge >= 0.3 is 5.97 Å². The molecule has 1 rings (SSSR count). The highest BCUT2D eigenvalue weighted by molar-refractivity contribution is 5.91. The van der Waals surface area contributed by atoms with Gasteiger partial charge in [-0.3, -0.25) is 14.4 Å². The second-order valence-corrected chi connectivity index (χ2v) is 3.61. The fourth-order valence-electron chi connectivity index (χ4n) is 1.51. The van der Waals surface area contributed by atoms with Crippen LogP contribution in [-0.2, 0) is 14.4 Å². The van der Waals surface area contributed by atoms with E-state index in [0.717, 1.165) is 0 Å². The number of carboxylic acid groups (broad SMARTS) is 1. The van der Waals surface area contributed by atoms with Crippen molar-refractivity contribution in [3.05, 3.63) is 0 Å². The van der Waals surface area contributed by atoms with Gasteiger partial charge in [-0.1, -0.05) is 0 Å². The van der Waals surface area contributed by atoms with Crippen LogP contribution in [0.1, 0.15) is 13.3 Å². The van der Waals surface area contributed by atoms with E-state index in [-0.39, 0.29) is 12.5 Å². The minimum absolute atomic E-state index is 0.141. The molecule has 0 radical (unpaired) electrons. The molecule has 15 heavy (non-hydrogen) atoms. The van der Waals surface area contributed by atoms with Crippen LogP contribution in [-0.4, -0.2) is 40.9 Å². The van der Waals surface area contributed by atoms with Crippen molar-refractivity contribution in [2.45, 2.75) is 13.3 Å². The van der Waals surface area contributed by atoms with E-state index in [2.05, 4.69) is 0 Å². The molecule has 1 fully saturated rings. The zero-order valence-corrected chi connectivity index (χ0v) is 8.47. The van der Waals surface area contributed by atoms with Crippen LogP contribution in [0.25, 0.3) is 0 Å². The van der Waals surface area contributed by atoms with E-state index in [9.17, 15) is 14.4 Å². The van der Waals surface area contributed by atoms with E-state index in [0.29, 0.717) is 13.0 Å². The van der Waals surface area contributed by atoms with Crippen molar-refractivity contribution in [2.75, 3.05) is 13.1 Å². The topological polar surface area (TPSA) is 101 Å². The summed E-state index contributed by atoms with van der Waals surface area (Å²) in [5.74, 6) is -2.88. The van der Waals surface area contributed by atoms with Crippen molar-refractivity contribution >= 4 is 17.8 Å². The van der Waals surface area contributed by atoms with Crippen LogP contribution < -0.4 is 5.73 Å². The highest BCUT2D eigenvalue weighted by atomic mass is 16.4. The van der Waals surface area contributed by atoms with Crippen LogP contribution in [0.2, 0.25) is 0 Å². The van der Waals surface area contributed by atoms with Crippen molar-refractivity contribution in [2.24, 2.45) is 17.6 Å². The van der Waals surface area contributed by atoms with E-state index in [1.807, 2.05) is 0 Å². The van der Waals surface area contributed by atoms with Gasteiger partial charge in [-0.25, -0.2) is 0 Å². The molecule has 0 unspecified atom stereocenters. The van der Waals surface area contributed by atoms with Gasteiger partial charge in [-0.2, -0.15) is 0 Å². The normalized spacial score (nSPS) is 23.3. The summed E-state index contributed by atoms with van der Waals surface area (Å²) in [6, 6.07) is 0. The molecule has 2 amide bonds. The van der Waals surface area contributed by atoms with Crippen LogP contribution in [0, 0.1) is 11.8 Å². The van der Waals surface area contributed by atoms with Crippen molar-refractivity contribution < 1.29 is 19.5 Å². The molecular weight excluding hydrogens is 200 g/mol. The third-order valence-electron chi connectivity index (χ3n) is 2.46. The largest absolute Gasteiger partial charge is 0.481 e. The third kappa shape index (κ3) is 2.68. The Bertz CT molecular complexity index is 302. The summed E-state index contributed by atoms with van der Waals surface area (Å²) in [7, 11) is 0. The number of nitrogens with zero attached hydrogens (tertiary/aromatic N) is 1. The fraction of sp³-hybridized carbons (Fsp3) is 0.667. The first-order valence-electron chi connectivity index (χ1n) is 4.77. The zero-order valence-electron chi connectivity index (χ0n) is 8.47. The zero-order chi connectivity index (χ0) is 11.6. The predicted molar refractivity (Wildman–Crippen MR) is 50.7 cm³/mol. The quantitative estimate of drug-likeness (QED) is 0.615. The fourth-order valence-corrected chi connectivity index (χ4v) is 1.51. The predicted octanol–water partition coefficient (Wildman–Crippen LogP) is -0.959. The average Bonchev–Trinajstić information content (AvgIpc) is 2.92. The number of carboxylic acids is 1. The Kier molecular flexibility index (Phi) is 3.28. The van der Waals surface area contributed by atoms with Gasteiger partial charge in [0.15, 0.2) is 0 Å². The standard InChI is InChI=1S/C9H14N2O4/c1-2-11(4-7(10)12)8(13)5-3-6(5)9(14)15/h5-6H,2-4H2,1H3,(H2,10,12)(H,14,15)/t5-,6+/m1/s1. The summed E-state index contributed by atoms with van der Waals surface area (Å²) in [6.07, 6.45) is 0.365. The van der Waals surface area contributed by atoms with E-state index >= 15 is 0 Å². The monoisotopic (exact) mass is 214 g/mol. The molecule has 84 valence electrons. The first-order chi connectivity index (χ1) is 6.97. The lowest BCUT2D eigenvalue weighted by Gasteiger charge is -2.18. The lowest BCUT2D eigenvalue weighted by molar-refractivity contribution is -0.142. The van der Waals surface area contributed by atoms with Gasteiger partial charge in [0, 0.05) is 6.54 Å². The van der Waals surface area contributed by atoms with Crippen LogP contribution in [0.15, 0.2) is 0 Å². The lowest BCUT2D eigenvalue weighted by Crippen LogP contribution is -2.39. The van der Waals surface area contributed by atoms with E-state index in [4.69, 9.17) is 10.8 Å². The molecule has 0 aliphatic heterocycles. The Balaban J connectivity index is 2.52. The minimum atomic E-state index is -0.955. The Morgan fingerprint density at radius 2 is 2.00 bits per heavy atom. The van der Waals surface area contributed by atoms with E-state index < -0.39 is 23.7 Å². The van der Waals surface area contributed by atoms with Crippen LogP contribution >= 0.6 is 0 Å². The maximum Gasteiger partial charge on any atom is 0.307 e. The van der Waals surface area contributed by atoms with Gasteiger partial charge in [0.25, 0.3) is 0 Å². The molecular formula is C9H14N2O4. The molecule has 6 heteroatoms. The van der Waals surface area contributed by atoms with Crippen molar-refractivity contribution in [3.8, 4) is 0 Å². The number of hydrogen-bond acceptors (Lipinski definition) is 3. The summed E-state index contributed by atoms with van der Waals surface area (Å²) in [6.45, 7) is 1.95. The average molecular weight is 214 g/mol. The number of likely N-dealkylation sites (N-methyl/N-ethyl adjacent to an activating group) is 1. The minimum Gasteiger partial charge on any atom is -0.481 e. The molecule has 0 aromatic rings. The van der Waals surface area contributed by atoms with Crippen LogP contribution in [0.3, 0.4) is 0 Å². The summed E-state index contributed by atoms with van der Waals surface area (Å²) in [4.78, 5) is 34.1. The van der Waals surface area contributed by atoms with Crippen molar-refractivity contribution in [1.29, 1.82) is 0 Å². The van der Waals surface area contributed by atoms with E-state index in [1.54, 1.807) is 6.92 Å². The molecule has 0 saturated heterocycles. The number of hydrogen-bond donors (Lipinski definition) is 2. The van der Waals surface area contributed by atoms with Gasteiger partial charge in [0.2, 0.25) is 11.8 Å². The molecule has 3 N–H and O–H groups in total. The van der Waals surface area contributed by atoms with Gasteiger partial charge in [0.1, 0.15) is 0 Å². The number of primary amides is 1. The number of nitrogens with two attached hydrogens (primary N) is 1. The molecule has 1 saturated carbocycles. The number of amides is 2. The van der Waals surface area contributed by atoms with Crippen LogP contribution in [0.5, 0.6) is 0 Å². The second kappa shape index (κ2) is 4.29. The molecule has 1 aliphatic rings. The Morgan fingerprint density at radius 3 is 2.33 bits per heavy atom. The first-order valence-corrected chi connectivity index (χ1v) is 4.77. The Morgan fingerprint density at radius 1 is 1.40 bits per heavy atom. The maximum atomic E-state index is 11.6. The molecule has 1 aliphatic carbocycles. The van der Waals surface area contributed by atoms with Gasteiger partial charge in [0.05, 0.1) is 18.4 Å². The smallest absolute Gasteiger partial charge is 0.307 e. The summed E-state index contributed by atoms with van der Waals surface area (Å²) < 4.78 is 0. The maximum absolute atomic E-state index is 11.6.